The summed E-state index contributed by atoms with van der Waals surface area (Å²) in [7, 11) is 2.07. The van der Waals surface area contributed by atoms with Crippen molar-refractivity contribution in [3.8, 4) is 0 Å². The normalized spacial score (nSPS) is 25.8. The van der Waals surface area contributed by atoms with Gasteiger partial charge in [0.05, 0.1) is 11.8 Å². The van der Waals surface area contributed by atoms with Crippen molar-refractivity contribution in [1.82, 2.24) is 14.8 Å². The number of aromatic amines is 1. The van der Waals surface area contributed by atoms with Crippen LogP contribution < -0.4 is 0 Å². The third-order valence-electron chi connectivity index (χ3n) is 5.31. The summed E-state index contributed by atoms with van der Waals surface area (Å²) in [5.41, 5.74) is 4.41. The molecule has 122 valence electrons. The van der Waals surface area contributed by atoms with Crippen LogP contribution in [0.25, 0.3) is 10.9 Å². The average Bonchev–Trinajstić information content (AvgIpc) is 3.10. The molecule has 5 heteroatoms. The van der Waals surface area contributed by atoms with Crippen molar-refractivity contribution in [3.63, 3.8) is 0 Å². The smallest absolute Gasteiger partial charge is 0.166 e. The first kappa shape index (κ1) is 14.9. The van der Waals surface area contributed by atoms with Crippen molar-refractivity contribution in [2.45, 2.75) is 19.1 Å². The lowest BCUT2D eigenvalue weighted by Crippen LogP contribution is -2.38. The molecule has 2 aromatic rings. The molecule has 2 N–H and O–H groups in total. The summed E-state index contributed by atoms with van der Waals surface area (Å²) < 4.78 is 0. The maximum Gasteiger partial charge on any atom is 0.166 e. The number of nitrogens with zero attached hydrogens (tertiary/aromatic N) is 2. The van der Waals surface area contributed by atoms with E-state index in [1.807, 2.05) is 6.07 Å². The largest absolute Gasteiger partial charge is 0.391 e. The van der Waals surface area contributed by atoms with Crippen molar-refractivity contribution in [3.05, 3.63) is 35.0 Å². The number of β-amino-alcohol motifs (C(OH)–C–C–N with tert-alkyl or cyclic N) is 1. The Balaban J connectivity index is 1.54. The number of H-pyrrole nitrogens is 1. The third-order valence-corrected chi connectivity index (χ3v) is 5.31. The van der Waals surface area contributed by atoms with Crippen LogP contribution in [0.2, 0.25) is 0 Å². The molecular weight excluding hydrogens is 290 g/mol. The van der Waals surface area contributed by atoms with Crippen LogP contribution in [0.4, 0.5) is 0 Å². The molecular formula is C18H23N3O2. The summed E-state index contributed by atoms with van der Waals surface area (Å²) in [6.45, 7) is 4.66. The number of benzene rings is 1. The van der Waals surface area contributed by atoms with E-state index in [4.69, 9.17) is 0 Å². The quantitative estimate of drug-likeness (QED) is 0.838. The van der Waals surface area contributed by atoms with Crippen molar-refractivity contribution < 1.29 is 9.90 Å². The Kier molecular flexibility index (Phi) is 3.71. The van der Waals surface area contributed by atoms with E-state index < -0.39 is 0 Å². The highest BCUT2D eigenvalue weighted by molar-refractivity contribution is 5.90. The number of hydrogen-bond donors (Lipinski definition) is 2. The molecule has 1 saturated heterocycles. The highest BCUT2D eigenvalue weighted by Crippen LogP contribution is 2.29. The first-order chi connectivity index (χ1) is 11.1. The van der Waals surface area contributed by atoms with Crippen LogP contribution >= 0.6 is 0 Å². The van der Waals surface area contributed by atoms with E-state index in [0.29, 0.717) is 11.6 Å². The van der Waals surface area contributed by atoms with E-state index in [2.05, 4.69) is 34.0 Å². The lowest BCUT2D eigenvalue weighted by molar-refractivity contribution is 0.109. The summed E-state index contributed by atoms with van der Waals surface area (Å²) >= 11 is 0. The summed E-state index contributed by atoms with van der Waals surface area (Å²) in [6.07, 6.45) is 1.67. The average molecular weight is 313 g/mol. The SMILES string of the molecule is CN1CC(O)C(CN2CCc3c(ccc4[nH]c(C=O)cc34)C2)C1. The summed E-state index contributed by atoms with van der Waals surface area (Å²) in [6, 6.07) is 6.21. The fourth-order valence-electron chi connectivity index (χ4n) is 4.16. The van der Waals surface area contributed by atoms with Crippen molar-refractivity contribution in [1.29, 1.82) is 0 Å². The fourth-order valence-corrected chi connectivity index (χ4v) is 4.16. The number of hydrogen-bond acceptors (Lipinski definition) is 4. The lowest BCUT2D eigenvalue weighted by atomic mass is 9.95. The van der Waals surface area contributed by atoms with Crippen LogP contribution in [0.1, 0.15) is 21.6 Å². The Morgan fingerprint density at radius 3 is 3.00 bits per heavy atom. The van der Waals surface area contributed by atoms with E-state index in [9.17, 15) is 9.90 Å². The first-order valence-corrected chi connectivity index (χ1v) is 8.31. The van der Waals surface area contributed by atoms with E-state index in [1.165, 1.54) is 16.5 Å². The Hall–Kier alpha value is -1.69. The molecule has 0 bridgehead atoms. The first-order valence-electron chi connectivity index (χ1n) is 8.31. The second-order valence-corrected chi connectivity index (χ2v) is 7.04. The van der Waals surface area contributed by atoms with Gasteiger partial charge in [0.1, 0.15) is 0 Å². The maximum absolute atomic E-state index is 11.0. The highest BCUT2D eigenvalue weighted by Gasteiger charge is 2.31. The zero-order chi connectivity index (χ0) is 16.0. The molecule has 1 aromatic heterocycles. The standard InChI is InChI=1S/C18H23N3O2/c1-20-7-13(18(23)10-20)9-21-5-4-15-12(8-21)2-3-17-16(15)6-14(11-22)19-17/h2-3,6,11,13,18-19,23H,4-5,7-10H2,1H3. The molecule has 5 nitrogen and oxygen atoms in total. The van der Waals surface area contributed by atoms with Crippen LogP contribution in [0, 0.1) is 5.92 Å². The van der Waals surface area contributed by atoms with Gasteiger partial charge in [-0.1, -0.05) is 6.07 Å². The second kappa shape index (κ2) is 5.74. The summed E-state index contributed by atoms with van der Waals surface area (Å²) in [5, 5.41) is 11.3. The molecule has 2 unspecified atom stereocenters. The van der Waals surface area contributed by atoms with Crippen molar-refractivity contribution >= 4 is 17.2 Å². The molecule has 0 radical (unpaired) electrons. The highest BCUT2D eigenvalue weighted by atomic mass is 16.3. The zero-order valence-corrected chi connectivity index (χ0v) is 13.5. The number of aliphatic hydroxyl groups excluding tert-OH is 1. The molecule has 3 heterocycles. The predicted octanol–water partition coefficient (Wildman–Crippen LogP) is 1.26. The Labute approximate surface area is 135 Å². The maximum atomic E-state index is 11.0. The second-order valence-electron chi connectivity index (χ2n) is 7.04. The van der Waals surface area contributed by atoms with Crippen molar-refractivity contribution in [2.75, 3.05) is 33.2 Å². The number of likely N-dealkylation sites (N-methyl/N-ethyl adjacent to an activating group) is 1. The van der Waals surface area contributed by atoms with E-state index in [0.717, 1.165) is 50.9 Å². The lowest BCUT2D eigenvalue weighted by Gasteiger charge is -2.31. The van der Waals surface area contributed by atoms with Gasteiger partial charge in [0.25, 0.3) is 0 Å². The number of nitrogens with one attached hydrogen (secondary N) is 1. The van der Waals surface area contributed by atoms with Gasteiger partial charge in [0.15, 0.2) is 6.29 Å². The molecule has 0 aliphatic carbocycles. The van der Waals surface area contributed by atoms with Gasteiger partial charge >= 0.3 is 0 Å². The van der Waals surface area contributed by atoms with Crippen molar-refractivity contribution in [2.24, 2.45) is 5.92 Å². The molecule has 2 aliphatic heterocycles. The fraction of sp³-hybridized carbons (Fsp3) is 0.500. The summed E-state index contributed by atoms with van der Waals surface area (Å²) in [5.74, 6) is 0.346. The van der Waals surface area contributed by atoms with Gasteiger partial charge in [-0.25, -0.2) is 0 Å². The summed E-state index contributed by atoms with van der Waals surface area (Å²) in [4.78, 5) is 18.8. The molecule has 4 rings (SSSR count). The number of aldehydes is 1. The molecule has 1 fully saturated rings. The number of carbonyl (C=O) groups excluding carboxylic acids is 1. The van der Waals surface area contributed by atoms with Gasteiger partial charge in [-0.15, -0.1) is 0 Å². The van der Waals surface area contributed by atoms with Gasteiger partial charge < -0.3 is 15.0 Å². The number of aliphatic hydroxyl groups is 1. The van der Waals surface area contributed by atoms with Gasteiger partial charge in [0, 0.05) is 49.5 Å². The van der Waals surface area contributed by atoms with Crippen LogP contribution in [0.15, 0.2) is 18.2 Å². The van der Waals surface area contributed by atoms with Gasteiger partial charge in [-0.3, -0.25) is 9.69 Å². The molecule has 1 aromatic carbocycles. The number of fused-ring (bicyclic) bond motifs is 3. The Morgan fingerprint density at radius 2 is 2.26 bits per heavy atom. The zero-order valence-electron chi connectivity index (χ0n) is 13.5. The molecule has 0 amide bonds. The Morgan fingerprint density at radius 1 is 1.39 bits per heavy atom. The minimum absolute atomic E-state index is 0.205. The van der Waals surface area contributed by atoms with Crippen LogP contribution in [0.5, 0.6) is 0 Å². The van der Waals surface area contributed by atoms with E-state index in [-0.39, 0.29) is 6.10 Å². The van der Waals surface area contributed by atoms with Crippen LogP contribution in [0.3, 0.4) is 0 Å². The van der Waals surface area contributed by atoms with Crippen LogP contribution in [-0.2, 0) is 13.0 Å². The third kappa shape index (κ3) is 2.69. The molecule has 0 saturated carbocycles. The molecule has 2 aliphatic rings. The predicted molar refractivity (Wildman–Crippen MR) is 89.7 cm³/mol. The topological polar surface area (TPSA) is 59.6 Å². The molecule has 0 spiro atoms. The van der Waals surface area contributed by atoms with Gasteiger partial charge in [0.2, 0.25) is 0 Å². The Bertz CT molecular complexity index is 739. The number of likely N-dealkylation sites (tertiary alicyclic amines) is 1. The minimum atomic E-state index is -0.205. The van der Waals surface area contributed by atoms with Crippen LogP contribution in [-0.4, -0.2) is 65.5 Å². The molecule has 23 heavy (non-hydrogen) atoms. The number of carbonyl (C=O) groups is 1. The van der Waals surface area contributed by atoms with Gasteiger partial charge in [-0.2, -0.15) is 0 Å². The van der Waals surface area contributed by atoms with Gasteiger partial charge in [-0.05, 0) is 36.7 Å². The van der Waals surface area contributed by atoms with E-state index >= 15 is 0 Å². The monoisotopic (exact) mass is 313 g/mol. The minimum Gasteiger partial charge on any atom is -0.391 e. The number of rotatable bonds is 3. The molecule has 2 atom stereocenters. The number of aromatic nitrogens is 1. The van der Waals surface area contributed by atoms with E-state index in [1.54, 1.807) is 0 Å².